The van der Waals surface area contributed by atoms with Crippen LogP contribution >= 0.6 is 0 Å². The molecule has 0 bridgehead atoms. The Bertz CT molecular complexity index is 899. The number of aromatic nitrogens is 4. The minimum atomic E-state index is -0.0835. The van der Waals surface area contributed by atoms with E-state index in [9.17, 15) is 4.79 Å². The van der Waals surface area contributed by atoms with Gasteiger partial charge in [0.05, 0.1) is 11.7 Å². The van der Waals surface area contributed by atoms with E-state index in [0.29, 0.717) is 30.4 Å². The van der Waals surface area contributed by atoms with Crippen LogP contribution in [0.2, 0.25) is 0 Å². The number of amides is 2. The molecule has 3 aromatic rings. The third-order valence-corrected chi connectivity index (χ3v) is 4.77. The number of carbonyl (C=O) groups excluding carboxylic acids is 1. The Balaban J connectivity index is 1.33. The van der Waals surface area contributed by atoms with Crippen molar-refractivity contribution in [3.63, 3.8) is 0 Å². The first-order valence-corrected chi connectivity index (χ1v) is 9.50. The molecule has 1 aliphatic heterocycles. The quantitative estimate of drug-likeness (QED) is 0.733. The Hall–Kier alpha value is -3.29. The topological polar surface area (TPSA) is 97.0 Å². The molecule has 0 unspecified atom stereocenters. The minimum Gasteiger partial charge on any atom is -0.339 e. The number of piperidine rings is 1. The summed E-state index contributed by atoms with van der Waals surface area (Å²) in [6, 6.07) is 11.3. The van der Waals surface area contributed by atoms with Crippen LogP contribution in [0.5, 0.6) is 0 Å². The van der Waals surface area contributed by atoms with Crippen molar-refractivity contribution >= 4 is 6.03 Å². The summed E-state index contributed by atoms with van der Waals surface area (Å²) in [5.41, 5.74) is 1.60. The smallest absolute Gasteiger partial charge is 0.317 e. The van der Waals surface area contributed by atoms with Gasteiger partial charge < -0.3 is 14.7 Å². The van der Waals surface area contributed by atoms with Gasteiger partial charge in [-0.1, -0.05) is 17.3 Å². The number of hydrogen-bond donors (Lipinski definition) is 1. The highest BCUT2D eigenvalue weighted by Gasteiger charge is 2.28. The maximum Gasteiger partial charge on any atom is 0.317 e. The number of nitrogens with one attached hydrogen (secondary N) is 1. The van der Waals surface area contributed by atoms with Gasteiger partial charge in [0, 0.05) is 31.9 Å². The lowest BCUT2D eigenvalue weighted by Gasteiger charge is -2.35. The highest BCUT2D eigenvalue weighted by molar-refractivity contribution is 5.74. The van der Waals surface area contributed by atoms with Crippen molar-refractivity contribution in [2.75, 3.05) is 13.1 Å². The molecule has 3 aromatic heterocycles. The number of likely N-dealkylation sites (tertiary alicyclic amines) is 1. The Morgan fingerprint density at radius 2 is 2.00 bits per heavy atom. The second-order valence-corrected chi connectivity index (χ2v) is 6.67. The molecular formula is C20H22N6O2. The average molecular weight is 378 g/mol. The average Bonchev–Trinajstić information content (AvgIpc) is 3.24. The van der Waals surface area contributed by atoms with Gasteiger partial charge in [0.25, 0.3) is 0 Å². The predicted octanol–water partition coefficient (Wildman–Crippen LogP) is 3.01. The number of urea groups is 1. The number of hydrogen-bond acceptors (Lipinski definition) is 6. The lowest BCUT2D eigenvalue weighted by atomic mass is 9.99. The zero-order valence-electron chi connectivity index (χ0n) is 15.5. The van der Waals surface area contributed by atoms with Crippen LogP contribution in [0.4, 0.5) is 4.79 Å². The van der Waals surface area contributed by atoms with Crippen molar-refractivity contribution in [3.05, 3.63) is 60.4 Å². The molecule has 8 nitrogen and oxygen atoms in total. The van der Waals surface area contributed by atoms with Crippen LogP contribution in [0.1, 0.15) is 36.9 Å². The molecular weight excluding hydrogens is 356 g/mol. The van der Waals surface area contributed by atoms with Crippen LogP contribution in [0, 0.1) is 0 Å². The monoisotopic (exact) mass is 378 g/mol. The molecule has 4 heterocycles. The third kappa shape index (κ3) is 4.16. The SMILES string of the molecule is O=C(NCCc1nc(-c2ccccn2)no1)N1CCCC[C@@H]1c1ccccn1. The molecule has 1 saturated heterocycles. The second-order valence-electron chi connectivity index (χ2n) is 6.67. The van der Waals surface area contributed by atoms with E-state index in [0.717, 1.165) is 31.5 Å². The molecule has 1 N–H and O–H groups in total. The van der Waals surface area contributed by atoms with Crippen molar-refractivity contribution in [1.82, 2.24) is 30.3 Å². The number of rotatable bonds is 5. The zero-order chi connectivity index (χ0) is 19.2. The van der Waals surface area contributed by atoms with Crippen molar-refractivity contribution in [2.45, 2.75) is 31.7 Å². The highest BCUT2D eigenvalue weighted by atomic mass is 16.5. The van der Waals surface area contributed by atoms with Crippen molar-refractivity contribution in [2.24, 2.45) is 0 Å². The molecule has 28 heavy (non-hydrogen) atoms. The first-order chi connectivity index (χ1) is 13.8. The molecule has 0 aromatic carbocycles. The summed E-state index contributed by atoms with van der Waals surface area (Å²) in [7, 11) is 0. The minimum absolute atomic E-state index is 0.0223. The van der Waals surface area contributed by atoms with Crippen LogP contribution in [-0.2, 0) is 6.42 Å². The van der Waals surface area contributed by atoms with Crippen LogP contribution in [0.25, 0.3) is 11.5 Å². The molecule has 8 heteroatoms. The lowest BCUT2D eigenvalue weighted by Crippen LogP contribution is -2.45. The van der Waals surface area contributed by atoms with Crippen molar-refractivity contribution < 1.29 is 9.32 Å². The van der Waals surface area contributed by atoms with Gasteiger partial charge in [0.1, 0.15) is 5.69 Å². The van der Waals surface area contributed by atoms with Crippen molar-refractivity contribution in [1.29, 1.82) is 0 Å². The van der Waals surface area contributed by atoms with Gasteiger partial charge in [-0.05, 0) is 43.5 Å². The summed E-state index contributed by atoms with van der Waals surface area (Å²) in [4.78, 5) is 27.6. The van der Waals surface area contributed by atoms with Gasteiger partial charge in [0.15, 0.2) is 0 Å². The van der Waals surface area contributed by atoms with Gasteiger partial charge in [0.2, 0.25) is 11.7 Å². The maximum absolute atomic E-state index is 12.7. The standard InChI is InChI=1S/C20H22N6O2/c27-20(26-14-6-3-9-17(26)15-7-1-4-11-21-15)23-13-10-18-24-19(25-28-18)16-8-2-5-12-22-16/h1-2,4-5,7-8,11-12,17H,3,6,9-10,13-14H2,(H,23,27)/t17-/m1/s1. The summed E-state index contributed by atoms with van der Waals surface area (Å²) >= 11 is 0. The Kier molecular flexibility index (Phi) is 5.56. The van der Waals surface area contributed by atoms with E-state index in [1.807, 2.05) is 41.3 Å². The third-order valence-electron chi connectivity index (χ3n) is 4.77. The van der Waals surface area contributed by atoms with E-state index in [-0.39, 0.29) is 12.1 Å². The predicted molar refractivity (Wildman–Crippen MR) is 102 cm³/mol. The van der Waals surface area contributed by atoms with Crippen LogP contribution in [0.15, 0.2) is 53.3 Å². The molecule has 0 spiro atoms. The molecule has 2 amide bonds. The van der Waals surface area contributed by atoms with Crippen molar-refractivity contribution in [3.8, 4) is 11.5 Å². The second kappa shape index (κ2) is 8.60. The van der Waals surface area contributed by atoms with Gasteiger partial charge in [-0.2, -0.15) is 4.98 Å². The maximum atomic E-state index is 12.7. The Morgan fingerprint density at radius 1 is 1.14 bits per heavy atom. The summed E-state index contributed by atoms with van der Waals surface area (Å²) in [5, 5.41) is 6.91. The molecule has 1 aliphatic rings. The molecule has 0 saturated carbocycles. The van der Waals surface area contributed by atoms with Gasteiger partial charge in [-0.25, -0.2) is 4.79 Å². The summed E-state index contributed by atoms with van der Waals surface area (Å²) in [6.45, 7) is 1.16. The molecule has 0 radical (unpaired) electrons. The van der Waals surface area contributed by atoms with Crippen LogP contribution < -0.4 is 5.32 Å². The molecule has 144 valence electrons. The molecule has 0 aliphatic carbocycles. The van der Waals surface area contributed by atoms with E-state index in [2.05, 4.69) is 25.4 Å². The van der Waals surface area contributed by atoms with Gasteiger partial charge in [-0.3, -0.25) is 9.97 Å². The zero-order valence-corrected chi connectivity index (χ0v) is 15.5. The van der Waals surface area contributed by atoms with Crippen LogP contribution in [0.3, 0.4) is 0 Å². The molecule has 1 atom stereocenters. The van der Waals surface area contributed by atoms with Crippen LogP contribution in [-0.4, -0.2) is 44.1 Å². The Labute approximate surface area is 163 Å². The Morgan fingerprint density at radius 3 is 2.79 bits per heavy atom. The fraction of sp³-hybridized carbons (Fsp3) is 0.350. The highest BCUT2D eigenvalue weighted by Crippen LogP contribution is 2.29. The van der Waals surface area contributed by atoms with E-state index in [1.54, 1.807) is 12.4 Å². The number of carbonyl (C=O) groups is 1. The number of pyridine rings is 2. The summed E-state index contributed by atoms with van der Waals surface area (Å²) in [5.74, 6) is 0.925. The number of nitrogens with zero attached hydrogens (tertiary/aromatic N) is 5. The molecule has 1 fully saturated rings. The first-order valence-electron chi connectivity index (χ1n) is 9.50. The fourth-order valence-electron chi connectivity index (χ4n) is 3.39. The van der Waals surface area contributed by atoms with E-state index < -0.39 is 0 Å². The largest absolute Gasteiger partial charge is 0.339 e. The van der Waals surface area contributed by atoms with E-state index in [1.165, 1.54) is 0 Å². The van der Waals surface area contributed by atoms with Gasteiger partial charge in [-0.15, -0.1) is 0 Å². The summed E-state index contributed by atoms with van der Waals surface area (Å²) in [6.07, 6.45) is 6.96. The fourth-order valence-corrected chi connectivity index (χ4v) is 3.39. The van der Waals surface area contributed by atoms with Gasteiger partial charge >= 0.3 is 6.03 Å². The normalized spacial score (nSPS) is 16.7. The van der Waals surface area contributed by atoms with E-state index >= 15 is 0 Å². The first kappa shape index (κ1) is 18.1. The molecule has 4 rings (SSSR count). The lowest BCUT2D eigenvalue weighted by molar-refractivity contribution is 0.149. The summed E-state index contributed by atoms with van der Waals surface area (Å²) < 4.78 is 5.26. The van der Waals surface area contributed by atoms with E-state index in [4.69, 9.17) is 4.52 Å².